The molecule has 3 rings (SSSR count). The molecule has 29 heavy (non-hydrogen) atoms. The molecule has 2 aromatic carbocycles. The smallest absolute Gasteiger partial charge is 0.234 e. The number of thioether (sulfide) groups is 1. The highest BCUT2D eigenvalue weighted by molar-refractivity contribution is 8.00. The number of fused-ring (bicyclic) bond motifs is 1. The number of benzene rings is 2. The van der Waals surface area contributed by atoms with Crippen molar-refractivity contribution in [1.29, 1.82) is 0 Å². The van der Waals surface area contributed by atoms with Gasteiger partial charge in [0.25, 0.3) is 0 Å². The number of rotatable bonds is 6. The van der Waals surface area contributed by atoms with Crippen LogP contribution in [-0.4, -0.2) is 35.8 Å². The highest BCUT2D eigenvalue weighted by Crippen LogP contribution is 2.29. The van der Waals surface area contributed by atoms with Crippen molar-refractivity contribution >= 4 is 46.5 Å². The maximum Gasteiger partial charge on any atom is 0.234 e. The van der Waals surface area contributed by atoms with Gasteiger partial charge in [-0.05, 0) is 61.2 Å². The molecule has 0 bridgehead atoms. The van der Waals surface area contributed by atoms with E-state index in [1.165, 1.54) is 11.8 Å². The zero-order valence-electron chi connectivity index (χ0n) is 16.7. The summed E-state index contributed by atoms with van der Waals surface area (Å²) < 4.78 is 0. The van der Waals surface area contributed by atoms with E-state index in [1.807, 2.05) is 49.4 Å². The molecule has 2 aromatic rings. The number of carbonyl (C=O) groups is 3. The van der Waals surface area contributed by atoms with Crippen LogP contribution in [0.4, 0.5) is 17.1 Å². The zero-order valence-corrected chi connectivity index (χ0v) is 17.5. The molecule has 7 heteroatoms. The van der Waals surface area contributed by atoms with Gasteiger partial charge in [0.05, 0.1) is 11.5 Å². The molecule has 1 aliphatic heterocycles. The minimum Gasteiger partial charge on any atom is -0.325 e. The maximum atomic E-state index is 12.2. The molecule has 0 aliphatic carbocycles. The zero-order chi connectivity index (χ0) is 20.8. The second kappa shape index (κ2) is 9.60. The largest absolute Gasteiger partial charge is 0.325 e. The highest BCUT2D eigenvalue weighted by atomic mass is 32.2. The van der Waals surface area contributed by atoms with Crippen molar-refractivity contribution in [3.63, 3.8) is 0 Å². The number of nitrogens with zero attached hydrogens (tertiary/aromatic N) is 1. The number of amides is 3. The molecule has 1 aliphatic rings. The van der Waals surface area contributed by atoms with Gasteiger partial charge in [-0.15, -0.1) is 11.8 Å². The summed E-state index contributed by atoms with van der Waals surface area (Å²) in [5, 5.41) is 5.70. The second-order valence-electron chi connectivity index (χ2n) is 7.08. The van der Waals surface area contributed by atoms with E-state index in [1.54, 1.807) is 11.8 Å². The molecule has 152 valence electrons. The van der Waals surface area contributed by atoms with Crippen molar-refractivity contribution in [2.45, 2.75) is 26.7 Å². The Morgan fingerprint density at radius 3 is 2.34 bits per heavy atom. The van der Waals surface area contributed by atoms with Crippen molar-refractivity contribution < 1.29 is 14.4 Å². The van der Waals surface area contributed by atoms with Crippen molar-refractivity contribution in [3.05, 3.63) is 53.6 Å². The summed E-state index contributed by atoms with van der Waals surface area (Å²) in [7, 11) is 0. The fourth-order valence-electron chi connectivity index (χ4n) is 3.36. The number of anilines is 3. The molecule has 0 saturated heterocycles. The molecule has 0 radical (unpaired) electrons. The van der Waals surface area contributed by atoms with Crippen molar-refractivity contribution in [3.8, 4) is 0 Å². The predicted molar refractivity (Wildman–Crippen MR) is 119 cm³/mol. The first-order valence-corrected chi connectivity index (χ1v) is 10.7. The first kappa shape index (κ1) is 20.9. The Bertz CT molecular complexity index is 929. The number of carbonyl (C=O) groups excluding carboxylic acids is 3. The fraction of sp³-hybridized carbons (Fsp3) is 0.318. The van der Waals surface area contributed by atoms with Crippen LogP contribution < -0.4 is 15.5 Å². The molecule has 0 aromatic heterocycles. The van der Waals surface area contributed by atoms with E-state index in [2.05, 4.69) is 10.6 Å². The molecule has 0 saturated carbocycles. The van der Waals surface area contributed by atoms with Crippen LogP contribution >= 0.6 is 11.8 Å². The van der Waals surface area contributed by atoms with Crippen LogP contribution in [0.3, 0.4) is 0 Å². The highest BCUT2D eigenvalue weighted by Gasteiger charge is 2.20. The van der Waals surface area contributed by atoms with Gasteiger partial charge in [0.1, 0.15) is 0 Å². The molecule has 2 N–H and O–H groups in total. The van der Waals surface area contributed by atoms with Gasteiger partial charge in [-0.1, -0.05) is 12.1 Å². The van der Waals surface area contributed by atoms with Crippen molar-refractivity contribution in [2.24, 2.45) is 0 Å². The standard InChI is InChI=1S/C22H25N3O3S/c1-15-5-3-7-18(11-15)23-21(27)13-29-14-22(28)24-19-8-9-20-17(12-19)6-4-10-25(20)16(2)26/h3,5,7-9,11-12H,4,6,10,13-14H2,1-2H3,(H,23,27)(H,24,28). The molecule has 3 amide bonds. The lowest BCUT2D eigenvalue weighted by atomic mass is 10.0. The minimum absolute atomic E-state index is 0.0306. The second-order valence-corrected chi connectivity index (χ2v) is 8.06. The van der Waals surface area contributed by atoms with Gasteiger partial charge in [0.15, 0.2) is 0 Å². The van der Waals surface area contributed by atoms with Crippen LogP contribution in [0, 0.1) is 6.92 Å². The van der Waals surface area contributed by atoms with E-state index in [9.17, 15) is 14.4 Å². The Balaban J connectivity index is 1.47. The molecule has 1 heterocycles. The van der Waals surface area contributed by atoms with Crippen LogP contribution in [0.2, 0.25) is 0 Å². The summed E-state index contributed by atoms with van der Waals surface area (Å²) in [6, 6.07) is 13.2. The third-order valence-electron chi connectivity index (χ3n) is 4.63. The molecule has 0 atom stereocenters. The van der Waals surface area contributed by atoms with Crippen LogP contribution in [-0.2, 0) is 20.8 Å². The summed E-state index contributed by atoms with van der Waals surface area (Å²) in [5.41, 5.74) is 4.53. The van der Waals surface area contributed by atoms with Crippen LogP contribution in [0.5, 0.6) is 0 Å². The molecule has 0 unspecified atom stereocenters. The van der Waals surface area contributed by atoms with Gasteiger partial charge < -0.3 is 15.5 Å². The van der Waals surface area contributed by atoms with Crippen LogP contribution in [0.15, 0.2) is 42.5 Å². The molecule has 6 nitrogen and oxygen atoms in total. The average Bonchev–Trinajstić information content (AvgIpc) is 2.67. The lowest BCUT2D eigenvalue weighted by molar-refractivity contribution is -0.117. The molecule has 0 fully saturated rings. The first-order valence-electron chi connectivity index (χ1n) is 9.57. The maximum absolute atomic E-state index is 12.2. The molecular weight excluding hydrogens is 386 g/mol. The predicted octanol–water partition coefficient (Wildman–Crippen LogP) is 3.60. The van der Waals surface area contributed by atoms with Gasteiger partial charge in [-0.3, -0.25) is 14.4 Å². The van der Waals surface area contributed by atoms with Gasteiger partial charge in [-0.2, -0.15) is 0 Å². The van der Waals surface area contributed by atoms with Crippen LogP contribution in [0.1, 0.15) is 24.5 Å². The van der Waals surface area contributed by atoms with Gasteiger partial charge in [0, 0.05) is 30.5 Å². The third-order valence-corrected chi connectivity index (χ3v) is 5.56. The fourth-order valence-corrected chi connectivity index (χ4v) is 3.97. The van der Waals surface area contributed by atoms with Crippen molar-refractivity contribution in [1.82, 2.24) is 0 Å². The number of hydrogen-bond donors (Lipinski definition) is 2. The number of aryl methyl sites for hydroxylation is 2. The van der Waals surface area contributed by atoms with E-state index in [0.717, 1.165) is 41.9 Å². The lowest BCUT2D eigenvalue weighted by Crippen LogP contribution is -2.33. The van der Waals surface area contributed by atoms with E-state index >= 15 is 0 Å². The SMILES string of the molecule is CC(=O)N1CCCc2cc(NC(=O)CSCC(=O)Nc3cccc(C)c3)ccc21. The summed E-state index contributed by atoms with van der Waals surface area (Å²) >= 11 is 1.27. The normalized spacial score (nSPS) is 12.8. The van der Waals surface area contributed by atoms with Gasteiger partial charge in [0.2, 0.25) is 17.7 Å². The average molecular weight is 412 g/mol. The Morgan fingerprint density at radius 2 is 1.69 bits per heavy atom. The monoisotopic (exact) mass is 411 g/mol. The van der Waals surface area contributed by atoms with Crippen LogP contribution in [0.25, 0.3) is 0 Å². The quantitative estimate of drug-likeness (QED) is 0.761. The Labute approximate surface area is 175 Å². The van der Waals surface area contributed by atoms with E-state index in [4.69, 9.17) is 0 Å². The lowest BCUT2D eigenvalue weighted by Gasteiger charge is -2.29. The Morgan fingerprint density at radius 1 is 1.00 bits per heavy atom. The summed E-state index contributed by atoms with van der Waals surface area (Å²) in [5.74, 6) is 0.143. The Kier molecular flexibility index (Phi) is 6.93. The van der Waals surface area contributed by atoms with Gasteiger partial charge >= 0.3 is 0 Å². The minimum atomic E-state index is -0.155. The van der Waals surface area contributed by atoms with E-state index < -0.39 is 0 Å². The Hall–Kier alpha value is -2.80. The van der Waals surface area contributed by atoms with Crippen molar-refractivity contribution in [2.75, 3.05) is 33.6 Å². The third kappa shape index (κ3) is 5.84. The first-order chi connectivity index (χ1) is 13.9. The van der Waals surface area contributed by atoms with E-state index in [-0.39, 0.29) is 29.2 Å². The topological polar surface area (TPSA) is 78.5 Å². The number of hydrogen-bond acceptors (Lipinski definition) is 4. The molecule has 0 spiro atoms. The van der Waals surface area contributed by atoms with Gasteiger partial charge in [-0.25, -0.2) is 0 Å². The summed E-state index contributed by atoms with van der Waals surface area (Å²) in [6.07, 6.45) is 1.80. The summed E-state index contributed by atoms with van der Waals surface area (Å²) in [6.45, 7) is 4.26. The summed E-state index contributed by atoms with van der Waals surface area (Å²) in [4.78, 5) is 37.7. The van der Waals surface area contributed by atoms with E-state index in [0.29, 0.717) is 5.69 Å². The molecular formula is C22H25N3O3S. The number of nitrogens with one attached hydrogen (secondary N) is 2.